The minimum absolute atomic E-state index is 0.111. The van der Waals surface area contributed by atoms with Crippen LogP contribution in [0, 0.1) is 0 Å². The Balaban J connectivity index is 1.64. The van der Waals surface area contributed by atoms with Crippen LogP contribution in [0.1, 0.15) is 30.6 Å². The Hall–Kier alpha value is -2.03. The molecule has 0 saturated carbocycles. The topological polar surface area (TPSA) is 73.3 Å². The van der Waals surface area contributed by atoms with E-state index in [0.29, 0.717) is 19.4 Å². The number of benzene rings is 1. The van der Waals surface area contributed by atoms with Crippen LogP contribution >= 0.6 is 11.3 Å². The zero-order valence-corrected chi connectivity index (χ0v) is 22.1. The number of ether oxygens (including phenoxy) is 1. The first-order valence-electron chi connectivity index (χ1n) is 11.4. The summed E-state index contributed by atoms with van der Waals surface area (Å²) in [7, 11) is -4.83. The van der Waals surface area contributed by atoms with Crippen LogP contribution < -0.4 is 0 Å². The van der Waals surface area contributed by atoms with E-state index in [1.807, 2.05) is 42.6 Å². The van der Waals surface area contributed by atoms with E-state index in [1.165, 1.54) is 11.3 Å². The van der Waals surface area contributed by atoms with Gasteiger partial charge in [-0.15, -0.1) is 11.3 Å². The minimum Gasteiger partial charge on any atom is -0.466 e. The molecule has 0 N–H and O–H groups in total. The number of hydrogen-bond donors (Lipinski definition) is 0. The van der Waals surface area contributed by atoms with E-state index in [9.17, 15) is 13.2 Å². The summed E-state index contributed by atoms with van der Waals surface area (Å²) in [4.78, 5) is 19.0. The molecule has 176 valence electrons. The summed E-state index contributed by atoms with van der Waals surface area (Å²) < 4.78 is 31.1. The van der Waals surface area contributed by atoms with Crippen molar-refractivity contribution in [3.63, 3.8) is 0 Å². The van der Waals surface area contributed by atoms with E-state index in [4.69, 9.17) is 4.74 Å². The molecular formula is C25H31NO4S2Si. The molecule has 1 atom stereocenters. The van der Waals surface area contributed by atoms with Gasteiger partial charge in [-0.1, -0.05) is 44.3 Å². The molecule has 0 amide bonds. The number of rotatable bonds is 7. The van der Waals surface area contributed by atoms with Crippen molar-refractivity contribution < 1.29 is 17.9 Å². The van der Waals surface area contributed by atoms with Gasteiger partial charge in [0.05, 0.1) is 24.3 Å². The molecule has 2 aromatic heterocycles. The summed E-state index contributed by atoms with van der Waals surface area (Å²) in [6, 6.07) is 14.7. The monoisotopic (exact) mass is 501 g/mol. The zero-order valence-electron chi connectivity index (χ0n) is 19.5. The van der Waals surface area contributed by atoms with Crippen molar-refractivity contribution in [2.24, 2.45) is 0 Å². The summed E-state index contributed by atoms with van der Waals surface area (Å²) in [5.74, 6) is -0.305. The maximum Gasteiger partial charge on any atom is 0.307 e. The van der Waals surface area contributed by atoms with Gasteiger partial charge in [0.2, 0.25) is 0 Å². The largest absolute Gasteiger partial charge is 0.466 e. The second-order valence-corrected chi connectivity index (χ2v) is 19.2. The van der Waals surface area contributed by atoms with Crippen LogP contribution in [-0.4, -0.2) is 39.8 Å². The predicted molar refractivity (Wildman–Crippen MR) is 138 cm³/mol. The van der Waals surface area contributed by atoms with Gasteiger partial charge in [-0.25, -0.2) is 8.42 Å². The molecule has 33 heavy (non-hydrogen) atoms. The molecule has 1 aliphatic rings. The van der Waals surface area contributed by atoms with Gasteiger partial charge in [-0.2, -0.15) is 0 Å². The fourth-order valence-electron chi connectivity index (χ4n) is 4.31. The number of para-hydroxylation sites is 1. The van der Waals surface area contributed by atoms with Gasteiger partial charge in [0.25, 0.3) is 0 Å². The highest BCUT2D eigenvalue weighted by Crippen LogP contribution is 2.47. The van der Waals surface area contributed by atoms with Gasteiger partial charge in [-0.3, -0.25) is 9.78 Å². The summed E-state index contributed by atoms with van der Waals surface area (Å²) in [6.07, 6.45) is 3.59. The Kier molecular flexibility index (Phi) is 6.80. The molecular weight excluding hydrogens is 470 g/mol. The number of carbonyl (C=O) groups is 1. The van der Waals surface area contributed by atoms with E-state index in [2.05, 4.69) is 30.7 Å². The normalized spacial score (nSPS) is 20.6. The number of sulfone groups is 1. The Bertz CT molecular complexity index is 1260. The third-order valence-electron chi connectivity index (χ3n) is 6.31. The average Bonchev–Trinajstić information content (AvgIpc) is 3.25. The summed E-state index contributed by atoms with van der Waals surface area (Å²) in [5.41, 5.74) is 1.87. The number of fused-ring (bicyclic) bond motifs is 1. The molecule has 0 spiro atoms. The molecule has 5 nitrogen and oxygen atoms in total. The first-order valence-corrected chi connectivity index (χ1v) is 17.6. The van der Waals surface area contributed by atoms with Crippen molar-refractivity contribution in [1.82, 2.24) is 4.98 Å². The summed E-state index contributed by atoms with van der Waals surface area (Å²) in [6.45, 7) is 7.04. The van der Waals surface area contributed by atoms with Gasteiger partial charge < -0.3 is 4.74 Å². The fraction of sp³-hybridized carbons (Fsp3) is 0.440. The lowest BCUT2D eigenvalue weighted by Crippen LogP contribution is -2.42. The van der Waals surface area contributed by atoms with Gasteiger partial charge in [0, 0.05) is 35.0 Å². The van der Waals surface area contributed by atoms with Crippen LogP contribution in [0.2, 0.25) is 25.7 Å². The second-order valence-electron chi connectivity index (χ2n) is 10.1. The smallest absolute Gasteiger partial charge is 0.307 e. The van der Waals surface area contributed by atoms with E-state index in [-0.39, 0.29) is 12.2 Å². The van der Waals surface area contributed by atoms with Crippen molar-refractivity contribution in [2.45, 2.75) is 56.1 Å². The standard InChI is InChI=1S/C25H31NO4S2Si/c1-33(2,3)15-13-30-24(27)17-25(12-6-7-14-32(25,28)29)23-11-10-22(31-23)20-16-19-8-4-5-9-21(19)26-18-20/h4-5,8-11,16,18H,6-7,12-15,17H2,1-3H3/t25-/m0/s1. The summed E-state index contributed by atoms with van der Waals surface area (Å²) >= 11 is 1.45. The van der Waals surface area contributed by atoms with Crippen molar-refractivity contribution in [1.29, 1.82) is 0 Å². The van der Waals surface area contributed by atoms with Crippen molar-refractivity contribution in [3.05, 3.63) is 53.5 Å². The highest BCUT2D eigenvalue weighted by molar-refractivity contribution is 7.92. The van der Waals surface area contributed by atoms with Gasteiger partial charge in [-0.05, 0) is 43.2 Å². The van der Waals surface area contributed by atoms with Gasteiger partial charge >= 0.3 is 5.97 Å². The molecule has 3 heterocycles. The first-order chi connectivity index (χ1) is 15.6. The Morgan fingerprint density at radius 2 is 1.94 bits per heavy atom. The van der Waals surface area contributed by atoms with Crippen LogP contribution in [-0.2, 0) is 24.1 Å². The first kappa shape index (κ1) is 24.1. The van der Waals surface area contributed by atoms with Crippen molar-refractivity contribution in [3.8, 4) is 10.4 Å². The molecule has 0 unspecified atom stereocenters. The predicted octanol–water partition coefficient (Wildman–Crippen LogP) is 6.03. The van der Waals surface area contributed by atoms with Crippen LogP contribution in [0.25, 0.3) is 21.3 Å². The van der Waals surface area contributed by atoms with Crippen LogP contribution in [0.3, 0.4) is 0 Å². The number of nitrogens with zero attached hydrogens (tertiary/aromatic N) is 1. The number of esters is 1. The molecule has 8 heteroatoms. The molecule has 0 bridgehead atoms. The molecule has 0 radical (unpaired) electrons. The summed E-state index contributed by atoms with van der Waals surface area (Å²) in [5, 5.41) is 1.04. The van der Waals surface area contributed by atoms with E-state index in [0.717, 1.165) is 38.7 Å². The number of aromatic nitrogens is 1. The number of hydrogen-bond acceptors (Lipinski definition) is 6. The lowest BCUT2D eigenvalue weighted by molar-refractivity contribution is -0.144. The Morgan fingerprint density at radius 3 is 2.70 bits per heavy atom. The fourth-order valence-corrected chi connectivity index (χ4v) is 8.78. The highest BCUT2D eigenvalue weighted by atomic mass is 32.2. The molecule has 1 fully saturated rings. The molecule has 1 aromatic carbocycles. The molecule has 4 rings (SSSR count). The average molecular weight is 502 g/mol. The zero-order chi connectivity index (χ0) is 23.7. The molecule has 1 aliphatic heterocycles. The highest BCUT2D eigenvalue weighted by Gasteiger charge is 2.49. The quantitative estimate of drug-likeness (QED) is 0.292. The SMILES string of the molecule is C[Si](C)(C)CCOC(=O)C[C@]1(c2ccc(-c3cnc4ccccc4c3)s2)CCCCS1(=O)=O. The van der Waals surface area contributed by atoms with E-state index >= 15 is 0 Å². The van der Waals surface area contributed by atoms with E-state index < -0.39 is 28.6 Å². The maximum atomic E-state index is 13.4. The lowest BCUT2D eigenvalue weighted by atomic mass is 9.95. The number of thiophene rings is 1. The van der Waals surface area contributed by atoms with Crippen LogP contribution in [0.15, 0.2) is 48.7 Å². The second kappa shape index (κ2) is 9.31. The van der Waals surface area contributed by atoms with Crippen LogP contribution in [0.5, 0.6) is 0 Å². The Labute approximate surface area is 201 Å². The maximum absolute atomic E-state index is 13.4. The van der Waals surface area contributed by atoms with Gasteiger partial charge in [0.15, 0.2) is 9.84 Å². The molecule has 1 saturated heterocycles. The third-order valence-corrected chi connectivity index (χ3v) is 12.1. The number of pyridine rings is 1. The van der Waals surface area contributed by atoms with Gasteiger partial charge in [0.1, 0.15) is 4.75 Å². The van der Waals surface area contributed by atoms with Crippen LogP contribution in [0.4, 0.5) is 0 Å². The van der Waals surface area contributed by atoms with E-state index in [1.54, 1.807) is 0 Å². The van der Waals surface area contributed by atoms with Crippen molar-refractivity contribution in [2.75, 3.05) is 12.4 Å². The number of carbonyl (C=O) groups excluding carboxylic acids is 1. The lowest BCUT2D eigenvalue weighted by Gasteiger charge is -2.35. The molecule has 0 aliphatic carbocycles. The Morgan fingerprint density at radius 1 is 1.15 bits per heavy atom. The van der Waals surface area contributed by atoms with Crippen molar-refractivity contribution >= 4 is 46.1 Å². The molecule has 3 aromatic rings. The minimum atomic E-state index is -3.49. The third kappa shape index (κ3) is 5.23.